The Morgan fingerprint density at radius 2 is 1.76 bits per heavy atom. The van der Waals surface area contributed by atoms with E-state index < -0.39 is 0 Å². The average molecular weight is 234 g/mol. The van der Waals surface area contributed by atoms with Gasteiger partial charge in [0.1, 0.15) is 0 Å². The van der Waals surface area contributed by atoms with Crippen molar-refractivity contribution in [3.63, 3.8) is 0 Å². The number of nitrogens with one attached hydrogen (secondary N) is 1. The number of nitrogens with zero attached hydrogens (tertiary/aromatic N) is 1. The molecular formula is C14H22N2O. The molecule has 0 fully saturated rings. The van der Waals surface area contributed by atoms with Gasteiger partial charge >= 0.3 is 0 Å². The maximum atomic E-state index is 11.1. The standard InChI is InChI=1S/C14H22N2O/c1-11(17)15-14(2,3)10-12-6-8-13(9-7-12)16(4)5/h6-9H,10H2,1-5H3,(H,15,17). The lowest BCUT2D eigenvalue weighted by molar-refractivity contribution is -0.120. The van der Waals surface area contributed by atoms with E-state index >= 15 is 0 Å². The second-order valence-electron chi connectivity index (χ2n) is 5.30. The lowest BCUT2D eigenvalue weighted by Gasteiger charge is -2.26. The predicted octanol–water partition coefficient (Wildman–Crippen LogP) is 2.21. The average Bonchev–Trinajstić information content (AvgIpc) is 2.15. The Balaban J connectivity index is 2.71. The van der Waals surface area contributed by atoms with Crippen LogP contribution in [0.2, 0.25) is 0 Å². The molecule has 0 aliphatic heterocycles. The minimum atomic E-state index is -0.203. The summed E-state index contributed by atoms with van der Waals surface area (Å²) in [6.45, 7) is 5.62. The quantitative estimate of drug-likeness (QED) is 0.866. The molecule has 3 nitrogen and oxygen atoms in total. The maximum Gasteiger partial charge on any atom is 0.217 e. The van der Waals surface area contributed by atoms with Crippen LogP contribution in [-0.4, -0.2) is 25.5 Å². The molecule has 0 atom stereocenters. The van der Waals surface area contributed by atoms with Gasteiger partial charge in [-0.3, -0.25) is 4.79 Å². The van der Waals surface area contributed by atoms with Crippen LogP contribution in [0.5, 0.6) is 0 Å². The minimum absolute atomic E-state index is 0.0138. The topological polar surface area (TPSA) is 32.3 Å². The highest BCUT2D eigenvalue weighted by Gasteiger charge is 2.18. The highest BCUT2D eigenvalue weighted by Crippen LogP contribution is 2.17. The van der Waals surface area contributed by atoms with Gasteiger partial charge in [-0.1, -0.05) is 12.1 Å². The fourth-order valence-electron chi connectivity index (χ4n) is 1.94. The van der Waals surface area contributed by atoms with Crippen LogP contribution in [0.15, 0.2) is 24.3 Å². The van der Waals surface area contributed by atoms with Gasteiger partial charge < -0.3 is 10.2 Å². The molecule has 17 heavy (non-hydrogen) atoms. The fourth-order valence-corrected chi connectivity index (χ4v) is 1.94. The second kappa shape index (κ2) is 5.21. The summed E-state index contributed by atoms with van der Waals surface area (Å²) in [6, 6.07) is 8.41. The number of hydrogen-bond donors (Lipinski definition) is 1. The molecule has 0 heterocycles. The van der Waals surface area contributed by atoms with Gasteiger partial charge in [-0.25, -0.2) is 0 Å². The van der Waals surface area contributed by atoms with Crippen molar-refractivity contribution < 1.29 is 4.79 Å². The summed E-state index contributed by atoms with van der Waals surface area (Å²) in [4.78, 5) is 13.1. The van der Waals surface area contributed by atoms with E-state index in [1.807, 2.05) is 27.9 Å². The lowest BCUT2D eigenvalue weighted by atomic mass is 9.95. The second-order valence-corrected chi connectivity index (χ2v) is 5.30. The van der Waals surface area contributed by atoms with E-state index in [1.54, 1.807) is 6.92 Å². The molecule has 0 aromatic heterocycles. The number of benzene rings is 1. The third-order valence-electron chi connectivity index (χ3n) is 2.61. The third kappa shape index (κ3) is 4.47. The summed E-state index contributed by atoms with van der Waals surface area (Å²) in [5.74, 6) is 0.0138. The van der Waals surface area contributed by atoms with Gasteiger partial charge in [-0.05, 0) is 38.0 Å². The van der Waals surface area contributed by atoms with E-state index in [4.69, 9.17) is 0 Å². The molecule has 0 aliphatic carbocycles. The van der Waals surface area contributed by atoms with Crippen LogP contribution in [0.3, 0.4) is 0 Å². The third-order valence-corrected chi connectivity index (χ3v) is 2.61. The Kier molecular flexibility index (Phi) is 4.16. The Morgan fingerprint density at radius 1 is 1.24 bits per heavy atom. The SMILES string of the molecule is CC(=O)NC(C)(C)Cc1ccc(N(C)C)cc1. The van der Waals surface area contributed by atoms with Crippen molar-refractivity contribution in [2.45, 2.75) is 32.7 Å². The van der Waals surface area contributed by atoms with Crippen molar-refractivity contribution in [3.8, 4) is 0 Å². The van der Waals surface area contributed by atoms with Gasteiger partial charge in [0.2, 0.25) is 5.91 Å². The van der Waals surface area contributed by atoms with Crippen LogP contribution in [0.4, 0.5) is 5.69 Å². The first-order chi connectivity index (χ1) is 7.80. The molecule has 0 bridgehead atoms. The number of hydrogen-bond acceptors (Lipinski definition) is 2. The Labute approximate surface area is 104 Å². The van der Waals surface area contributed by atoms with Gasteiger partial charge in [0.05, 0.1) is 0 Å². The molecule has 1 rings (SSSR count). The molecule has 0 saturated carbocycles. The first-order valence-corrected chi connectivity index (χ1v) is 5.85. The lowest BCUT2D eigenvalue weighted by Crippen LogP contribution is -2.43. The summed E-state index contributed by atoms with van der Waals surface area (Å²) in [5.41, 5.74) is 2.21. The summed E-state index contributed by atoms with van der Waals surface area (Å²) in [6.07, 6.45) is 0.834. The van der Waals surface area contributed by atoms with Gasteiger partial charge in [0, 0.05) is 32.2 Å². The van der Waals surface area contributed by atoms with Gasteiger partial charge in [-0.2, -0.15) is 0 Å². The molecule has 0 radical (unpaired) electrons. The first-order valence-electron chi connectivity index (χ1n) is 5.85. The highest BCUT2D eigenvalue weighted by molar-refractivity contribution is 5.73. The summed E-state index contributed by atoms with van der Waals surface area (Å²) in [5, 5.41) is 2.96. The maximum absolute atomic E-state index is 11.1. The summed E-state index contributed by atoms with van der Waals surface area (Å²) in [7, 11) is 4.05. The van der Waals surface area contributed by atoms with Crippen molar-refractivity contribution in [3.05, 3.63) is 29.8 Å². The molecule has 1 aromatic carbocycles. The normalized spacial score (nSPS) is 11.1. The first kappa shape index (κ1) is 13.6. The van der Waals surface area contributed by atoms with Crippen molar-refractivity contribution in [1.29, 1.82) is 0 Å². The summed E-state index contributed by atoms with van der Waals surface area (Å²) >= 11 is 0. The molecule has 0 spiro atoms. The van der Waals surface area contributed by atoms with E-state index in [-0.39, 0.29) is 11.4 Å². The summed E-state index contributed by atoms with van der Waals surface area (Å²) < 4.78 is 0. The van der Waals surface area contributed by atoms with Gasteiger partial charge in [0.25, 0.3) is 0 Å². The molecule has 1 aromatic rings. The monoisotopic (exact) mass is 234 g/mol. The zero-order chi connectivity index (χ0) is 13.1. The van der Waals surface area contributed by atoms with Crippen LogP contribution in [0.25, 0.3) is 0 Å². The number of carbonyl (C=O) groups excluding carboxylic acids is 1. The van der Waals surface area contributed by atoms with Crippen LogP contribution >= 0.6 is 0 Å². The van der Waals surface area contributed by atoms with Crippen molar-refractivity contribution >= 4 is 11.6 Å². The molecule has 1 N–H and O–H groups in total. The molecular weight excluding hydrogens is 212 g/mol. The predicted molar refractivity (Wildman–Crippen MR) is 72.4 cm³/mol. The molecule has 1 amide bonds. The van der Waals surface area contributed by atoms with Crippen LogP contribution in [0, 0.1) is 0 Å². The highest BCUT2D eigenvalue weighted by atomic mass is 16.1. The molecule has 0 saturated heterocycles. The van der Waals surface area contributed by atoms with E-state index in [9.17, 15) is 4.79 Å². The fraction of sp³-hybridized carbons (Fsp3) is 0.500. The number of amides is 1. The van der Waals surface area contributed by atoms with Crippen LogP contribution in [0.1, 0.15) is 26.3 Å². The van der Waals surface area contributed by atoms with E-state index in [2.05, 4.69) is 34.5 Å². The zero-order valence-electron chi connectivity index (χ0n) is 11.4. The van der Waals surface area contributed by atoms with Gasteiger partial charge in [0.15, 0.2) is 0 Å². The molecule has 94 valence electrons. The van der Waals surface area contributed by atoms with Crippen LogP contribution < -0.4 is 10.2 Å². The van der Waals surface area contributed by atoms with E-state index in [0.29, 0.717) is 0 Å². The number of carbonyl (C=O) groups is 1. The minimum Gasteiger partial charge on any atom is -0.378 e. The van der Waals surface area contributed by atoms with Crippen molar-refractivity contribution in [2.75, 3.05) is 19.0 Å². The largest absolute Gasteiger partial charge is 0.378 e. The van der Waals surface area contributed by atoms with Crippen molar-refractivity contribution in [1.82, 2.24) is 5.32 Å². The smallest absolute Gasteiger partial charge is 0.217 e. The Hall–Kier alpha value is -1.51. The van der Waals surface area contributed by atoms with Crippen molar-refractivity contribution in [2.24, 2.45) is 0 Å². The van der Waals surface area contributed by atoms with E-state index in [1.165, 1.54) is 11.3 Å². The van der Waals surface area contributed by atoms with Gasteiger partial charge in [-0.15, -0.1) is 0 Å². The Morgan fingerprint density at radius 3 is 2.18 bits per heavy atom. The van der Waals surface area contributed by atoms with Crippen LogP contribution in [-0.2, 0) is 11.2 Å². The molecule has 0 unspecified atom stereocenters. The molecule has 3 heteroatoms. The van der Waals surface area contributed by atoms with E-state index in [0.717, 1.165) is 6.42 Å². The Bertz CT molecular complexity index is 380. The molecule has 0 aliphatic rings. The number of anilines is 1. The number of rotatable bonds is 4. The zero-order valence-corrected chi connectivity index (χ0v) is 11.4.